The van der Waals surface area contributed by atoms with Gasteiger partial charge in [0.2, 0.25) is 5.91 Å². The van der Waals surface area contributed by atoms with E-state index in [2.05, 4.69) is 4.99 Å². The largest absolute Gasteiger partial charge is 0.313 e. The lowest BCUT2D eigenvalue weighted by atomic mass is 9.99. The van der Waals surface area contributed by atoms with Gasteiger partial charge in [0.15, 0.2) is 0 Å². The maximum absolute atomic E-state index is 12.4. The lowest BCUT2D eigenvalue weighted by molar-refractivity contribution is -0.384. The van der Waals surface area contributed by atoms with Crippen molar-refractivity contribution in [2.45, 2.75) is 0 Å². The van der Waals surface area contributed by atoms with Gasteiger partial charge in [-0.1, -0.05) is 29.8 Å². The first-order valence-electron chi connectivity index (χ1n) is 8.11. The highest BCUT2D eigenvalue weighted by Crippen LogP contribution is 2.31. The van der Waals surface area contributed by atoms with Crippen molar-refractivity contribution in [1.29, 1.82) is 0 Å². The van der Waals surface area contributed by atoms with E-state index in [1.165, 1.54) is 12.1 Å². The molecule has 1 heterocycles. The van der Waals surface area contributed by atoms with Crippen molar-refractivity contribution < 1.29 is 13.8 Å². The fourth-order valence-corrected chi connectivity index (χ4v) is 2.57. The zero-order valence-electron chi connectivity index (χ0n) is 14.7. The number of fused-ring (bicyclic) bond motifs is 1. The number of carbonyl (C=O) groups is 1. The number of amides is 1. The number of non-ortho nitro benzene ring substituents is 1. The van der Waals surface area contributed by atoms with E-state index in [4.69, 9.17) is 15.7 Å². The first-order valence-corrected chi connectivity index (χ1v) is 6.99. The van der Waals surface area contributed by atoms with Crippen LogP contribution >= 0.6 is 11.6 Å². The Bertz CT molecular complexity index is 944. The smallest absolute Gasteiger partial charge is 0.270 e. The summed E-state index contributed by atoms with van der Waals surface area (Å²) >= 11 is 6.22. The van der Waals surface area contributed by atoms with Crippen LogP contribution in [0, 0.1) is 10.1 Å². The number of nitro groups is 1. The van der Waals surface area contributed by atoms with Gasteiger partial charge in [0.25, 0.3) is 5.69 Å². The second-order valence-corrected chi connectivity index (χ2v) is 5.24. The normalized spacial score (nSPS) is 16.6. The average molecular weight is 334 g/mol. The van der Waals surface area contributed by atoms with Crippen LogP contribution < -0.4 is 4.90 Å². The van der Waals surface area contributed by atoms with Crippen molar-refractivity contribution in [3.05, 3.63) is 68.7 Å². The number of hydrogen-bond acceptors (Lipinski definition) is 4. The Morgan fingerprint density at radius 2 is 2.09 bits per heavy atom. The predicted octanol–water partition coefficient (Wildman–Crippen LogP) is 3.06. The number of rotatable bonds is 2. The quantitative estimate of drug-likeness (QED) is 0.481. The number of nitrogens with zero attached hydrogens (tertiary/aromatic N) is 3. The molecule has 0 radical (unpaired) electrons. The van der Waals surface area contributed by atoms with E-state index in [0.717, 1.165) is 6.07 Å². The molecule has 0 atom stereocenters. The Morgan fingerprint density at radius 3 is 2.78 bits per heavy atom. The van der Waals surface area contributed by atoms with Gasteiger partial charge in [-0.2, -0.15) is 0 Å². The van der Waals surface area contributed by atoms with Crippen LogP contribution in [-0.2, 0) is 4.79 Å². The number of halogens is 1. The van der Waals surface area contributed by atoms with Crippen LogP contribution in [0.3, 0.4) is 0 Å². The van der Waals surface area contributed by atoms with Gasteiger partial charge in [0.1, 0.15) is 6.54 Å². The minimum absolute atomic E-state index is 0.0248. The fraction of sp³-hybridized carbons (Fsp3) is 0.125. The van der Waals surface area contributed by atoms with Gasteiger partial charge < -0.3 is 4.90 Å². The molecule has 1 aliphatic heterocycles. The Morgan fingerprint density at radius 1 is 1.30 bits per heavy atom. The Hall–Kier alpha value is -2.73. The highest BCUT2D eigenvalue weighted by atomic mass is 35.5. The Kier molecular flexibility index (Phi) is 2.98. The minimum Gasteiger partial charge on any atom is -0.313 e. The molecule has 0 saturated carbocycles. The summed E-state index contributed by atoms with van der Waals surface area (Å²) in [4.78, 5) is 27.8. The molecule has 2 aromatic rings. The number of aliphatic imine (C=N–C) groups is 1. The van der Waals surface area contributed by atoms with Gasteiger partial charge >= 0.3 is 0 Å². The summed E-state index contributed by atoms with van der Waals surface area (Å²) in [7, 11) is 0. The van der Waals surface area contributed by atoms with Crippen LogP contribution in [0.4, 0.5) is 11.4 Å². The number of benzodiazepines with no additional fused rings is 1. The lowest BCUT2D eigenvalue weighted by Gasteiger charge is -2.17. The third-order valence-corrected chi connectivity index (χ3v) is 3.77. The summed E-state index contributed by atoms with van der Waals surface area (Å²) in [6.07, 6.45) is 0. The van der Waals surface area contributed by atoms with Crippen LogP contribution in [0.25, 0.3) is 0 Å². The third-order valence-electron chi connectivity index (χ3n) is 3.44. The van der Waals surface area contributed by atoms with Crippen molar-refractivity contribution in [3.63, 3.8) is 0 Å². The van der Waals surface area contributed by atoms with Crippen molar-refractivity contribution in [1.82, 2.24) is 0 Å². The molecule has 0 aromatic heterocycles. The van der Waals surface area contributed by atoms with Crippen LogP contribution in [0.1, 0.15) is 15.2 Å². The molecular weight excluding hydrogens is 319 g/mol. The molecule has 0 bridgehead atoms. The van der Waals surface area contributed by atoms with Crippen LogP contribution in [0.2, 0.25) is 5.02 Å². The summed E-state index contributed by atoms with van der Waals surface area (Å²) in [6, 6.07) is 10.3. The second-order valence-electron chi connectivity index (χ2n) is 4.83. The van der Waals surface area contributed by atoms with Crippen LogP contribution in [-0.4, -0.2) is 30.1 Å². The Balaban J connectivity index is 2.31. The van der Waals surface area contributed by atoms with Gasteiger partial charge in [-0.15, -0.1) is 0 Å². The van der Waals surface area contributed by atoms with Gasteiger partial charge in [-0.25, -0.2) is 0 Å². The number of benzene rings is 2. The standard InChI is InChI=1S/C16H12ClN3O3/c1-19-14-7-6-10(20(22)23)8-12(14)16(18-9-15(19)21)11-4-2-3-5-13(11)17/h2-8H,9H2,1H3/i1+1D3. The Labute approximate surface area is 141 Å². The van der Waals surface area contributed by atoms with Gasteiger partial charge in [-0.3, -0.25) is 19.9 Å². The number of hydrogen-bond donors (Lipinski definition) is 0. The molecule has 0 N–H and O–H groups in total. The predicted molar refractivity (Wildman–Crippen MR) is 88.5 cm³/mol. The van der Waals surface area contributed by atoms with Crippen molar-refractivity contribution >= 4 is 34.6 Å². The highest BCUT2D eigenvalue weighted by molar-refractivity contribution is 6.36. The van der Waals surface area contributed by atoms with E-state index in [-0.39, 0.29) is 22.6 Å². The van der Waals surface area contributed by atoms with Gasteiger partial charge in [0.05, 0.1) is 16.3 Å². The zero-order valence-corrected chi connectivity index (χ0v) is 12.4. The van der Waals surface area contributed by atoms with E-state index >= 15 is 0 Å². The molecule has 3 rings (SSSR count). The maximum Gasteiger partial charge on any atom is 0.270 e. The average Bonchev–Trinajstić information content (AvgIpc) is 2.70. The van der Waals surface area contributed by atoms with E-state index in [1.807, 2.05) is 0 Å². The van der Waals surface area contributed by atoms with Crippen LogP contribution in [0.15, 0.2) is 47.5 Å². The molecule has 1 aliphatic rings. The molecule has 23 heavy (non-hydrogen) atoms. The molecule has 1 amide bonds. The van der Waals surface area contributed by atoms with E-state index in [9.17, 15) is 14.9 Å². The molecule has 0 saturated heterocycles. The SMILES string of the molecule is [2H][13C]([2H])([2H])N1C(=O)CN=C(c2ccccc2Cl)c2cc([N+](=O)[O-])ccc21. The fourth-order valence-electron chi connectivity index (χ4n) is 2.34. The molecule has 0 aliphatic carbocycles. The van der Waals surface area contributed by atoms with E-state index < -0.39 is 24.4 Å². The molecule has 7 heteroatoms. The monoisotopic (exact) mass is 333 g/mol. The minimum atomic E-state index is -2.76. The van der Waals surface area contributed by atoms with Crippen molar-refractivity contribution in [3.8, 4) is 0 Å². The number of nitro benzene ring substituents is 1. The first-order chi connectivity index (χ1) is 12.2. The third kappa shape index (κ3) is 2.68. The van der Waals surface area contributed by atoms with Gasteiger partial charge in [0, 0.05) is 39.4 Å². The topological polar surface area (TPSA) is 75.8 Å². The summed E-state index contributed by atoms with van der Waals surface area (Å²) in [6.45, 7) is -3.17. The first kappa shape index (κ1) is 11.8. The van der Waals surface area contributed by atoms with E-state index in [0.29, 0.717) is 15.5 Å². The molecule has 0 fully saturated rings. The summed E-state index contributed by atoms with van der Waals surface area (Å²) in [5, 5.41) is 11.5. The zero-order chi connectivity index (χ0) is 19.1. The number of likely N-dealkylation sites (N-methyl/N-ethyl adjacent to an activating group) is 1. The van der Waals surface area contributed by atoms with Crippen molar-refractivity contribution in [2.75, 3.05) is 18.4 Å². The number of carbonyl (C=O) groups excluding carboxylic acids is 1. The molecule has 2 aromatic carbocycles. The molecular formula is C16H12ClN3O3. The van der Waals surface area contributed by atoms with E-state index in [1.54, 1.807) is 24.3 Å². The lowest BCUT2D eigenvalue weighted by Crippen LogP contribution is -2.27. The molecule has 0 spiro atoms. The second kappa shape index (κ2) is 5.81. The molecule has 6 nitrogen and oxygen atoms in total. The molecule has 116 valence electrons. The van der Waals surface area contributed by atoms with Crippen LogP contribution in [0.5, 0.6) is 0 Å². The summed E-state index contributed by atoms with van der Waals surface area (Å²) in [5.41, 5.74) is 0.625. The maximum atomic E-state index is 12.4. The summed E-state index contributed by atoms with van der Waals surface area (Å²) in [5.74, 6) is -0.734. The van der Waals surface area contributed by atoms with Gasteiger partial charge in [-0.05, 0) is 12.1 Å². The van der Waals surface area contributed by atoms with Crippen molar-refractivity contribution in [2.24, 2.45) is 4.99 Å². The summed E-state index contributed by atoms with van der Waals surface area (Å²) < 4.78 is 23.0. The highest BCUT2D eigenvalue weighted by Gasteiger charge is 2.25. The molecule has 0 unspecified atom stereocenters. The number of anilines is 1.